The SMILES string of the molecule is CC1(C)c2ccccc2-c2cccc(-c3ccc(-c4ccc5c(c4)N(c4ccc6ccccc6c4)C4=CC(c6ccc(-c7nc8ccccc8s7)cc6)=CCC45)cc3)c21. The van der Waals surface area contributed by atoms with E-state index < -0.39 is 0 Å². The third kappa shape index (κ3) is 5.42. The van der Waals surface area contributed by atoms with Crippen LogP contribution in [0.1, 0.15) is 48.4 Å². The van der Waals surface area contributed by atoms with Crippen LogP contribution in [0.2, 0.25) is 0 Å². The molecule has 1 unspecified atom stereocenters. The van der Waals surface area contributed by atoms with E-state index in [9.17, 15) is 0 Å². The van der Waals surface area contributed by atoms with E-state index in [2.05, 4.69) is 207 Å². The summed E-state index contributed by atoms with van der Waals surface area (Å²) in [6.45, 7) is 4.74. The smallest absolute Gasteiger partial charge is 0.124 e. The first-order valence-electron chi connectivity index (χ1n) is 20.6. The van der Waals surface area contributed by atoms with Crippen LogP contribution in [0.3, 0.4) is 0 Å². The lowest BCUT2D eigenvalue weighted by Crippen LogP contribution is -2.16. The molecule has 0 radical (unpaired) electrons. The quantitative estimate of drug-likeness (QED) is 0.173. The summed E-state index contributed by atoms with van der Waals surface area (Å²) in [5.41, 5.74) is 20.4. The van der Waals surface area contributed by atoms with Gasteiger partial charge in [0.15, 0.2) is 0 Å². The first-order valence-corrected chi connectivity index (χ1v) is 21.4. The Kier molecular flexibility index (Phi) is 7.61. The first kappa shape index (κ1) is 34.3. The summed E-state index contributed by atoms with van der Waals surface area (Å²) >= 11 is 1.75. The Hall–Kier alpha value is -6.81. The molecule has 3 heteroatoms. The molecule has 0 saturated carbocycles. The molecule has 9 aromatic rings. The maximum absolute atomic E-state index is 4.91. The molecule has 3 aliphatic rings. The molecule has 0 amide bonds. The van der Waals surface area contributed by atoms with Gasteiger partial charge >= 0.3 is 0 Å². The van der Waals surface area contributed by atoms with Crippen molar-refractivity contribution in [2.45, 2.75) is 31.6 Å². The first-order chi connectivity index (χ1) is 29.0. The Morgan fingerprint density at radius 3 is 2.14 bits per heavy atom. The van der Waals surface area contributed by atoms with Gasteiger partial charge in [-0.05, 0) is 115 Å². The van der Waals surface area contributed by atoms with E-state index in [4.69, 9.17) is 4.98 Å². The van der Waals surface area contributed by atoms with Crippen LogP contribution in [0, 0.1) is 0 Å². The molecular formula is C56H40N2S. The summed E-state index contributed by atoms with van der Waals surface area (Å²) in [5, 5.41) is 3.56. The number of hydrogen-bond donors (Lipinski definition) is 0. The minimum Gasteiger partial charge on any atom is -0.313 e. The molecule has 2 nitrogen and oxygen atoms in total. The summed E-state index contributed by atoms with van der Waals surface area (Å²) in [7, 11) is 0. The summed E-state index contributed by atoms with van der Waals surface area (Å²) in [6.07, 6.45) is 5.82. The maximum Gasteiger partial charge on any atom is 0.124 e. The number of benzene rings is 8. The average Bonchev–Trinajstić information content (AvgIpc) is 3.94. The number of hydrogen-bond acceptors (Lipinski definition) is 3. The highest BCUT2D eigenvalue weighted by Gasteiger charge is 2.38. The van der Waals surface area contributed by atoms with Gasteiger partial charge in [0, 0.05) is 28.3 Å². The van der Waals surface area contributed by atoms with Gasteiger partial charge in [-0.25, -0.2) is 4.98 Å². The molecule has 8 aromatic carbocycles. The molecule has 1 aromatic heterocycles. The van der Waals surface area contributed by atoms with Gasteiger partial charge in [0.2, 0.25) is 0 Å². The number of nitrogens with zero attached hydrogens (tertiary/aromatic N) is 2. The Balaban J connectivity index is 0.909. The Morgan fingerprint density at radius 1 is 0.576 bits per heavy atom. The lowest BCUT2D eigenvalue weighted by Gasteiger charge is -2.27. The van der Waals surface area contributed by atoms with Gasteiger partial charge in [-0.1, -0.05) is 166 Å². The molecule has 0 saturated heterocycles. The molecule has 1 aliphatic heterocycles. The summed E-state index contributed by atoms with van der Waals surface area (Å²) in [5.74, 6) is 0.284. The molecular weight excluding hydrogens is 733 g/mol. The van der Waals surface area contributed by atoms with E-state index >= 15 is 0 Å². The fraction of sp³-hybridized carbons (Fsp3) is 0.0893. The maximum atomic E-state index is 4.91. The summed E-state index contributed by atoms with van der Waals surface area (Å²) < 4.78 is 1.22. The van der Waals surface area contributed by atoms with Gasteiger partial charge in [0.25, 0.3) is 0 Å². The number of anilines is 2. The second-order valence-corrected chi connectivity index (χ2v) is 17.7. The molecule has 2 heterocycles. The Labute approximate surface area is 349 Å². The van der Waals surface area contributed by atoms with Crippen LogP contribution in [-0.4, -0.2) is 4.98 Å². The van der Waals surface area contributed by atoms with Crippen molar-refractivity contribution in [2.24, 2.45) is 0 Å². The van der Waals surface area contributed by atoms with Crippen LogP contribution < -0.4 is 4.90 Å². The summed E-state index contributed by atoms with van der Waals surface area (Å²) in [4.78, 5) is 7.44. The minimum atomic E-state index is -0.0613. The van der Waals surface area contributed by atoms with Crippen molar-refractivity contribution in [3.05, 3.63) is 216 Å². The van der Waals surface area contributed by atoms with Gasteiger partial charge in [-0.3, -0.25) is 0 Å². The molecule has 0 N–H and O–H groups in total. The van der Waals surface area contributed by atoms with Crippen LogP contribution in [0.25, 0.3) is 70.5 Å². The van der Waals surface area contributed by atoms with Gasteiger partial charge in [0.1, 0.15) is 5.01 Å². The van der Waals surface area contributed by atoms with Crippen molar-refractivity contribution in [3.8, 4) is 44.0 Å². The van der Waals surface area contributed by atoms with Crippen LogP contribution in [-0.2, 0) is 5.41 Å². The molecule has 12 rings (SSSR count). The van der Waals surface area contributed by atoms with Crippen LogP contribution >= 0.6 is 11.3 Å². The minimum absolute atomic E-state index is 0.0613. The second-order valence-electron chi connectivity index (χ2n) is 16.7. The predicted molar refractivity (Wildman–Crippen MR) is 249 cm³/mol. The fourth-order valence-corrected chi connectivity index (χ4v) is 11.0. The number of rotatable bonds is 5. The number of para-hydroxylation sites is 1. The van der Waals surface area contributed by atoms with Gasteiger partial charge in [-0.2, -0.15) is 0 Å². The zero-order valence-corrected chi connectivity index (χ0v) is 33.8. The lowest BCUT2D eigenvalue weighted by molar-refractivity contribution is 0.662. The molecule has 280 valence electrons. The topological polar surface area (TPSA) is 16.1 Å². The monoisotopic (exact) mass is 772 g/mol. The number of thiazole rings is 1. The normalized spacial score (nSPS) is 16.0. The standard InChI is InChI=1S/C56H40N2S/c1-56(2)49-15-6-5-12-45(49)48-14-9-13-44(54(48)56)38-22-18-36(19-23-38)41-27-30-46-47-31-28-42(37-20-24-39(25-21-37)55-57-50-16-7-8-17-53(50)59-55)34-52(47)58(51(46)33-41)43-29-26-35-10-3-4-11-40(35)32-43/h3-30,32-34,47H,31H2,1-2H3. The van der Waals surface area contributed by atoms with Crippen LogP contribution in [0.5, 0.6) is 0 Å². The molecule has 1 atom stereocenters. The third-order valence-corrected chi connectivity index (χ3v) is 14.1. The van der Waals surface area contributed by atoms with E-state index in [1.807, 2.05) is 0 Å². The molecule has 0 bridgehead atoms. The van der Waals surface area contributed by atoms with E-state index in [-0.39, 0.29) is 11.3 Å². The van der Waals surface area contributed by atoms with Crippen molar-refractivity contribution < 1.29 is 0 Å². The second kappa shape index (κ2) is 13.1. The largest absolute Gasteiger partial charge is 0.313 e. The Bertz CT molecular complexity index is 3180. The Morgan fingerprint density at radius 2 is 1.27 bits per heavy atom. The molecule has 2 aliphatic carbocycles. The van der Waals surface area contributed by atoms with Crippen molar-refractivity contribution in [2.75, 3.05) is 4.90 Å². The van der Waals surface area contributed by atoms with Crippen molar-refractivity contribution in [1.29, 1.82) is 0 Å². The zero-order chi connectivity index (χ0) is 39.2. The third-order valence-electron chi connectivity index (χ3n) is 13.0. The predicted octanol–water partition coefficient (Wildman–Crippen LogP) is 15.4. The van der Waals surface area contributed by atoms with Gasteiger partial charge < -0.3 is 4.90 Å². The highest BCUT2D eigenvalue weighted by Crippen LogP contribution is 2.54. The zero-order valence-electron chi connectivity index (χ0n) is 33.0. The number of aromatic nitrogens is 1. The van der Waals surface area contributed by atoms with Crippen LogP contribution in [0.4, 0.5) is 11.4 Å². The average molecular weight is 773 g/mol. The van der Waals surface area contributed by atoms with Crippen molar-refractivity contribution in [1.82, 2.24) is 4.98 Å². The van der Waals surface area contributed by atoms with Crippen molar-refractivity contribution in [3.63, 3.8) is 0 Å². The van der Waals surface area contributed by atoms with Gasteiger partial charge in [0.05, 0.1) is 15.9 Å². The van der Waals surface area contributed by atoms with Gasteiger partial charge in [-0.15, -0.1) is 11.3 Å². The van der Waals surface area contributed by atoms with E-state index in [0.717, 1.165) is 22.5 Å². The van der Waals surface area contributed by atoms with E-state index in [0.29, 0.717) is 0 Å². The number of fused-ring (bicyclic) bond motifs is 8. The molecule has 59 heavy (non-hydrogen) atoms. The van der Waals surface area contributed by atoms with Crippen molar-refractivity contribution >= 4 is 49.3 Å². The van der Waals surface area contributed by atoms with Crippen LogP contribution in [0.15, 0.2) is 194 Å². The van der Waals surface area contributed by atoms with E-state index in [1.54, 1.807) is 11.3 Å². The number of allylic oxidation sites excluding steroid dienone is 4. The lowest BCUT2D eigenvalue weighted by atomic mass is 9.79. The molecule has 0 fully saturated rings. The highest BCUT2D eigenvalue weighted by atomic mass is 32.1. The summed E-state index contributed by atoms with van der Waals surface area (Å²) in [6, 6.07) is 65.0. The fourth-order valence-electron chi connectivity index (χ4n) is 10.1. The van der Waals surface area contributed by atoms with E-state index in [1.165, 1.54) is 93.8 Å². The highest BCUT2D eigenvalue weighted by molar-refractivity contribution is 7.21. The molecule has 0 spiro atoms.